The van der Waals surface area contributed by atoms with Gasteiger partial charge in [-0.05, 0) is 25.5 Å². The molecule has 3 heterocycles. The zero-order valence-electron chi connectivity index (χ0n) is 12.6. The van der Waals surface area contributed by atoms with Crippen LogP contribution in [0.1, 0.15) is 24.4 Å². The number of nitrogens with one attached hydrogen (secondary N) is 1. The van der Waals surface area contributed by atoms with Gasteiger partial charge in [-0.25, -0.2) is 0 Å². The standard InChI is InChI=1S/C15H18N4O3/c1-10-3-4-12(22-10)9-19-13(5-6-14(19)20)15(21)17-11-7-16-18(2)8-11/h3-4,7-8,13H,5-6,9H2,1-2H3,(H,17,21)/t13-/m0/s1. The second-order valence-electron chi connectivity index (χ2n) is 5.48. The average Bonchev–Trinajstić information content (AvgIpc) is 3.14. The zero-order chi connectivity index (χ0) is 15.7. The van der Waals surface area contributed by atoms with E-state index in [0.29, 0.717) is 30.8 Å². The van der Waals surface area contributed by atoms with E-state index in [0.717, 1.165) is 5.76 Å². The molecule has 22 heavy (non-hydrogen) atoms. The Balaban J connectivity index is 1.70. The van der Waals surface area contributed by atoms with Gasteiger partial charge in [0.25, 0.3) is 0 Å². The van der Waals surface area contributed by atoms with Crippen LogP contribution in [0.15, 0.2) is 28.9 Å². The van der Waals surface area contributed by atoms with Crippen molar-refractivity contribution >= 4 is 17.5 Å². The summed E-state index contributed by atoms with van der Waals surface area (Å²) in [4.78, 5) is 26.0. The number of carbonyl (C=O) groups is 2. The molecule has 0 saturated carbocycles. The average molecular weight is 302 g/mol. The highest BCUT2D eigenvalue weighted by Gasteiger charge is 2.36. The molecule has 3 rings (SSSR count). The number of hydrogen-bond donors (Lipinski definition) is 1. The number of carbonyl (C=O) groups excluding carboxylic acids is 2. The van der Waals surface area contributed by atoms with Gasteiger partial charge in [-0.15, -0.1) is 0 Å². The van der Waals surface area contributed by atoms with E-state index in [4.69, 9.17) is 4.42 Å². The second-order valence-corrected chi connectivity index (χ2v) is 5.48. The lowest BCUT2D eigenvalue weighted by atomic mass is 10.2. The molecule has 0 aliphatic carbocycles. The van der Waals surface area contributed by atoms with E-state index in [1.54, 1.807) is 29.0 Å². The van der Waals surface area contributed by atoms with E-state index in [9.17, 15) is 9.59 Å². The molecule has 1 aliphatic heterocycles. The van der Waals surface area contributed by atoms with Crippen LogP contribution >= 0.6 is 0 Å². The molecule has 116 valence electrons. The van der Waals surface area contributed by atoms with Crippen molar-refractivity contribution < 1.29 is 14.0 Å². The van der Waals surface area contributed by atoms with Gasteiger partial charge in [0.2, 0.25) is 11.8 Å². The monoisotopic (exact) mass is 302 g/mol. The van der Waals surface area contributed by atoms with E-state index in [1.807, 2.05) is 19.1 Å². The first-order chi connectivity index (χ1) is 10.5. The molecule has 0 bridgehead atoms. The smallest absolute Gasteiger partial charge is 0.247 e. The molecule has 0 aromatic carbocycles. The molecule has 0 unspecified atom stereocenters. The van der Waals surface area contributed by atoms with Crippen molar-refractivity contribution in [1.29, 1.82) is 0 Å². The third-order valence-corrected chi connectivity index (χ3v) is 3.73. The number of aryl methyl sites for hydroxylation is 2. The molecule has 2 aromatic heterocycles. The molecule has 1 fully saturated rings. The maximum absolute atomic E-state index is 12.4. The first kappa shape index (κ1) is 14.4. The number of furan rings is 1. The molecule has 1 saturated heterocycles. The highest BCUT2D eigenvalue weighted by Crippen LogP contribution is 2.23. The summed E-state index contributed by atoms with van der Waals surface area (Å²) in [6.45, 7) is 2.17. The van der Waals surface area contributed by atoms with Crippen LogP contribution < -0.4 is 5.32 Å². The quantitative estimate of drug-likeness (QED) is 0.927. The zero-order valence-corrected chi connectivity index (χ0v) is 12.6. The first-order valence-electron chi connectivity index (χ1n) is 7.17. The summed E-state index contributed by atoms with van der Waals surface area (Å²) < 4.78 is 7.11. The summed E-state index contributed by atoms with van der Waals surface area (Å²) in [5.74, 6) is 1.26. The highest BCUT2D eigenvalue weighted by molar-refractivity contribution is 5.98. The Morgan fingerprint density at radius 3 is 2.95 bits per heavy atom. The summed E-state index contributed by atoms with van der Waals surface area (Å²) in [5.41, 5.74) is 0.626. The maximum atomic E-state index is 12.4. The van der Waals surface area contributed by atoms with E-state index >= 15 is 0 Å². The molecule has 2 aromatic rings. The Labute approximate surface area is 127 Å². The van der Waals surface area contributed by atoms with Gasteiger partial charge in [-0.1, -0.05) is 0 Å². The summed E-state index contributed by atoms with van der Waals surface area (Å²) in [7, 11) is 1.78. The van der Waals surface area contributed by atoms with Crippen LogP contribution in [-0.4, -0.2) is 32.5 Å². The van der Waals surface area contributed by atoms with Crippen LogP contribution in [0, 0.1) is 6.92 Å². The van der Waals surface area contributed by atoms with Crippen LogP contribution in [0.4, 0.5) is 5.69 Å². The van der Waals surface area contributed by atoms with Gasteiger partial charge in [-0.3, -0.25) is 14.3 Å². The van der Waals surface area contributed by atoms with Gasteiger partial charge in [0.1, 0.15) is 17.6 Å². The van der Waals surface area contributed by atoms with Crippen molar-refractivity contribution in [3.8, 4) is 0 Å². The fourth-order valence-corrected chi connectivity index (χ4v) is 2.65. The molecule has 7 heteroatoms. The molecule has 2 amide bonds. The highest BCUT2D eigenvalue weighted by atomic mass is 16.3. The predicted octanol–water partition coefficient (Wildman–Crippen LogP) is 1.45. The lowest BCUT2D eigenvalue weighted by Gasteiger charge is -2.22. The largest absolute Gasteiger partial charge is 0.464 e. The van der Waals surface area contributed by atoms with Crippen molar-refractivity contribution in [3.05, 3.63) is 36.0 Å². The van der Waals surface area contributed by atoms with Crippen LogP contribution in [0.2, 0.25) is 0 Å². The SMILES string of the molecule is Cc1ccc(CN2C(=O)CC[C@H]2C(=O)Nc2cnn(C)c2)o1. The Bertz CT molecular complexity index is 703. The summed E-state index contributed by atoms with van der Waals surface area (Å²) in [6, 6.07) is 3.20. The number of likely N-dealkylation sites (tertiary alicyclic amines) is 1. The van der Waals surface area contributed by atoms with Gasteiger partial charge >= 0.3 is 0 Å². The number of nitrogens with zero attached hydrogens (tertiary/aromatic N) is 3. The minimum Gasteiger partial charge on any atom is -0.464 e. The van der Waals surface area contributed by atoms with E-state index in [-0.39, 0.29) is 11.8 Å². The van der Waals surface area contributed by atoms with Crippen LogP contribution in [0.5, 0.6) is 0 Å². The van der Waals surface area contributed by atoms with Crippen molar-refractivity contribution in [2.45, 2.75) is 32.4 Å². The normalized spacial score (nSPS) is 18.0. The van der Waals surface area contributed by atoms with Crippen molar-refractivity contribution in [2.24, 2.45) is 7.05 Å². The first-order valence-corrected chi connectivity index (χ1v) is 7.17. The van der Waals surface area contributed by atoms with E-state index in [1.165, 1.54) is 0 Å². The number of rotatable bonds is 4. The predicted molar refractivity (Wildman–Crippen MR) is 78.9 cm³/mol. The minimum atomic E-state index is -0.474. The van der Waals surface area contributed by atoms with Crippen molar-refractivity contribution in [1.82, 2.24) is 14.7 Å². The summed E-state index contributed by atoms with van der Waals surface area (Å²) in [6.07, 6.45) is 4.19. The van der Waals surface area contributed by atoms with Crippen molar-refractivity contribution in [3.63, 3.8) is 0 Å². The number of hydrogen-bond acceptors (Lipinski definition) is 4. The molecule has 7 nitrogen and oxygen atoms in total. The van der Waals surface area contributed by atoms with Gasteiger partial charge in [0, 0.05) is 19.7 Å². The van der Waals surface area contributed by atoms with E-state index < -0.39 is 6.04 Å². The topological polar surface area (TPSA) is 80.4 Å². The molecule has 1 aliphatic rings. The fraction of sp³-hybridized carbons (Fsp3) is 0.400. The summed E-state index contributed by atoms with van der Waals surface area (Å²) >= 11 is 0. The molecular weight excluding hydrogens is 284 g/mol. The Morgan fingerprint density at radius 1 is 1.50 bits per heavy atom. The van der Waals surface area contributed by atoms with Crippen molar-refractivity contribution in [2.75, 3.05) is 5.32 Å². The van der Waals surface area contributed by atoms with Gasteiger partial charge in [0.05, 0.1) is 18.4 Å². The lowest BCUT2D eigenvalue weighted by molar-refractivity contribution is -0.134. The molecule has 0 radical (unpaired) electrons. The minimum absolute atomic E-state index is 0.0274. The van der Waals surface area contributed by atoms with Gasteiger partial charge in [-0.2, -0.15) is 5.10 Å². The fourth-order valence-electron chi connectivity index (χ4n) is 2.65. The second kappa shape index (κ2) is 5.67. The van der Waals surface area contributed by atoms with Crippen LogP contribution in [0.3, 0.4) is 0 Å². The summed E-state index contributed by atoms with van der Waals surface area (Å²) in [5, 5.41) is 6.81. The van der Waals surface area contributed by atoms with Gasteiger partial charge < -0.3 is 14.6 Å². The Kier molecular flexibility index (Phi) is 3.70. The third kappa shape index (κ3) is 2.88. The third-order valence-electron chi connectivity index (χ3n) is 3.73. The Hall–Kier alpha value is -2.57. The Morgan fingerprint density at radius 2 is 2.32 bits per heavy atom. The van der Waals surface area contributed by atoms with Crippen LogP contribution in [0.25, 0.3) is 0 Å². The number of anilines is 1. The number of amides is 2. The molecule has 1 N–H and O–H groups in total. The molecular formula is C15H18N4O3. The maximum Gasteiger partial charge on any atom is 0.247 e. The van der Waals surface area contributed by atoms with Crippen LogP contribution in [-0.2, 0) is 23.2 Å². The van der Waals surface area contributed by atoms with E-state index in [2.05, 4.69) is 10.4 Å². The lowest BCUT2D eigenvalue weighted by Crippen LogP contribution is -2.41. The van der Waals surface area contributed by atoms with Gasteiger partial charge in [0.15, 0.2) is 0 Å². The number of aromatic nitrogens is 2. The molecule has 0 spiro atoms. The molecule has 1 atom stereocenters.